The molecule has 3 atom stereocenters. The Morgan fingerprint density at radius 3 is 1.42 bits per heavy atom. The van der Waals surface area contributed by atoms with E-state index in [1.165, 1.54) is 36.4 Å². The summed E-state index contributed by atoms with van der Waals surface area (Å²) < 4.78 is 49.4. The third-order valence-corrected chi connectivity index (χ3v) is 9.45. The molecule has 0 spiro atoms. The Hall–Kier alpha value is -3.43. The van der Waals surface area contributed by atoms with Crippen LogP contribution in [0.15, 0.2) is 77.3 Å². The van der Waals surface area contributed by atoms with Crippen LogP contribution in [0.4, 0.5) is 34.1 Å². The number of hydrogen-bond donors (Lipinski definition) is 2. The maximum absolute atomic E-state index is 13.0. The van der Waals surface area contributed by atoms with Crippen molar-refractivity contribution in [2.75, 3.05) is 68.7 Å². The number of carbonyl (C=O) groups excluding carboxylic acids is 2. The first-order valence-electron chi connectivity index (χ1n) is 19.6. The number of piperazine rings is 3. The lowest BCUT2D eigenvalue weighted by molar-refractivity contribution is 0.0197. The van der Waals surface area contributed by atoms with Crippen LogP contribution in [0.2, 0.25) is 0 Å². The topological polar surface area (TPSA) is 89.6 Å². The second kappa shape index (κ2) is 26.8. The number of hydrogen-bond acceptors (Lipinski definition) is 8. The van der Waals surface area contributed by atoms with Crippen LogP contribution < -0.4 is 20.4 Å². The van der Waals surface area contributed by atoms with Crippen LogP contribution in [-0.2, 0) is 9.47 Å². The van der Waals surface area contributed by atoms with Gasteiger partial charge in [-0.05, 0) is 135 Å². The van der Waals surface area contributed by atoms with Gasteiger partial charge in [0.2, 0.25) is 0 Å². The van der Waals surface area contributed by atoms with Gasteiger partial charge in [0.15, 0.2) is 0 Å². The molecule has 10 nitrogen and oxygen atoms in total. The molecule has 0 aromatic heterocycles. The van der Waals surface area contributed by atoms with Gasteiger partial charge in [-0.2, -0.15) is 0 Å². The maximum atomic E-state index is 13.0. The molecule has 2 amide bonds. The fourth-order valence-electron chi connectivity index (χ4n) is 6.18. The predicted molar refractivity (Wildman–Crippen MR) is 248 cm³/mol. The maximum Gasteiger partial charge on any atom is 0.410 e. The minimum absolute atomic E-state index is 0. The Morgan fingerprint density at radius 2 is 1.03 bits per heavy atom. The van der Waals surface area contributed by atoms with Crippen molar-refractivity contribution in [3.63, 3.8) is 0 Å². The van der Waals surface area contributed by atoms with E-state index in [0.29, 0.717) is 31.7 Å². The summed E-state index contributed by atoms with van der Waals surface area (Å²) in [5, 5.41) is 6.61. The molecule has 3 saturated heterocycles. The third-order valence-electron chi connectivity index (χ3n) is 8.92. The standard InChI is InChI=1S/C16H23FN2O2.C11H15FN2.C10H20N2O2.C6H4BrF.CH4.2ClH/c1-12-11-18(15(20)21-16(2,3)4)9-10-19(12)14-7-5-13(17)6-8-14;1-9-8-13-6-7-14(9)11-4-2-10(12)3-5-11;1-8-7-12(6-5-11-8)9(13)14-10(2,3)4;7-5-1-3-6(8)4-2-5;;;/h5-8,12H,9-11H2,1-4H3;2-5,9,13H,6-8H2,1H3;8,11H,5-7H2,1-4H3;1-4H;1H4;2*1H/t12-;9-;8-;;;;/m000..../s1. The second-order valence-electron chi connectivity index (χ2n) is 16.4. The van der Waals surface area contributed by atoms with Gasteiger partial charge in [-0.1, -0.05) is 23.4 Å². The summed E-state index contributed by atoms with van der Waals surface area (Å²) in [6.45, 7) is 24.8. The quantitative estimate of drug-likeness (QED) is 0.263. The number of carbonyl (C=O) groups is 2. The number of halogens is 6. The van der Waals surface area contributed by atoms with E-state index in [4.69, 9.17) is 9.47 Å². The fourth-order valence-corrected chi connectivity index (χ4v) is 6.44. The van der Waals surface area contributed by atoms with Crippen LogP contribution in [-0.4, -0.2) is 110 Å². The fraction of sp³-hybridized carbons (Fsp3) is 0.545. The van der Waals surface area contributed by atoms with Crippen molar-refractivity contribution in [1.82, 2.24) is 20.4 Å². The molecule has 0 unspecified atom stereocenters. The molecule has 3 aliphatic rings. The monoisotopic (exact) mass is 950 g/mol. The van der Waals surface area contributed by atoms with Gasteiger partial charge < -0.3 is 39.7 Å². The Balaban J connectivity index is 0.000000796. The number of ether oxygens (including phenoxy) is 2. The summed E-state index contributed by atoms with van der Waals surface area (Å²) in [5.41, 5.74) is 1.22. The molecule has 60 heavy (non-hydrogen) atoms. The molecule has 3 aliphatic heterocycles. The lowest BCUT2D eigenvalue weighted by atomic mass is 10.1. The molecule has 0 aliphatic carbocycles. The molecule has 340 valence electrons. The van der Waals surface area contributed by atoms with Crippen molar-refractivity contribution in [2.24, 2.45) is 0 Å². The van der Waals surface area contributed by atoms with Crippen molar-refractivity contribution in [1.29, 1.82) is 0 Å². The molecule has 0 radical (unpaired) electrons. The van der Waals surface area contributed by atoms with Crippen molar-refractivity contribution >= 4 is 64.3 Å². The zero-order chi connectivity index (χ0) is 42.3. The van der Waals surface area contributed by atoms with Gasteiger partial charge >= 0.3 is 12.2 Å². The Labute approximate surface area is 377 Å². The summed E-state index contributed by atoms with van der Waals surface area (Å²) >= 11 is 3.18. The van der Waals surface area contributed by atoms with Crippen molar-refractivity contribution < 1.29 is 32.2 Å². The van der Waals surface area contributed by atoms with E-state index in [-0.39, 0.29) is 67.9 Å². The van der Waals surface area contributed by atoms with Gasteiger partial charge in [0.25, 0.3) is 0 Å². The van der Waals surface area contributed by atoms with Gasteiger partial charge in [-0.15, -0.1) is 24.8 Å². The van der Waals surface area contributed by atoms with Gasteiger partial charge in [0, 0.05) is 92.9 Å². The molecule has 16 heteroatoms. The molecule has 3 aromatic rings. The predicted octanol–water partition coefficient (Wildman–Crippen LogP) is 10.2. The van der Waals surface area contributed by atoms with Gasteiger partial charge in [-0.3, -0.25) is 0 Å². The Morgan fingerprint density at radius 1 is 0.617 bits per heavy atom. The molecule has 3 fully saturated rings. The van der Waals surface area contributed by atoms with Crippen molar-refractivity contribution in [3.05, 3.63) is 94.7 Å². The van der Waals surface area contributed by atoms with E-state index in [9.17, 15) is 22.8 Å². The summed E-state index contributed by atoms with van der Waals surface area (Å²) in [4.78, 5) is 31.7. The van der Waals surface area contributed by atoms with E-state index in [1.54, 1.807) is 34.1 Å². The van der Waals surface area contributed by atoms with Crippen molar-refractivity contribution in [3.8, 4) is 0 Å². The highest BCUT2D eigenvalue weighted by atomic mass is 79.9. The van der Waals surface area contributed by atoms with Crippen LogP contribution in [0.1, 0.15) is 69.7 Å². The number of nitrogens with zero attached hydrogens (tertiary/aromatic N) is 4. The van der Waals surface area contributed by atoms with Crippen LogP contribution in [0.25, 0.3) is 0 Å². The molecule has 3 aromatic carbocycles. The van der Waals surface area contributed by atoms with E-state index in [1.807, 2.05) is 53.7 Å². The summed E-state index contributed by atoms with van der Waals surface area (Å²) in [6.07, 6.45) is -0.473. The molecule has 6 rings (SSSR count). The summed E-state index contributed by atoms with van der Waals surface area (Å²) in [6, 6.07) is 20.3. The molecule has 0 bridgehead atoms. The largest absolute Gasteiger partial charge is 0.444 e. The van der Waals surface area contributed by atoms with E-state index < -0.39 is 11.2 Å². The second-order valence-corrected chi connectivity index (χ2v) is 17.3. The first-order valence-corrected chi connectivity index (χ1v) is 20.4. The van der Waals surface area contributed by atoms with Crippen LogP contribution in [0.5, 0.6) is 0 Å². The number of amides is 2. The van der Waals surface area contributed by atoms with E-state index in [0.717, 1.165) is 55.1 Å². The zero-order valence-electron chi connectivity index (χ0n) is 35.8. The summed E-state index contributed by atoms with van der Waals surface area (Å²) in [5.74, 6) is -0.608. The molecule has 0 saturated carbocycles. The van der Waals surface area contributed by atoms with E-state index in [2.05, 4.69) is 57.1 Å². The van der Waals surface area contributed by atoms with Gasteiger partial charge in [0.05, 0.1) is 0 Å². The normalized spacial score (nSPS) is 18.8. The number of benzene rings is 3. The highest BCUT2D eigenvalue weighted by Gasteiger charge is 2.30. The summed E-state index contributed by atoms with van der Waals surface area (Å²) in [7, 11) is 0. The average Bonchev–Trinajstić information content (AvgIpc) is 3.13. The van der Waals surface area contributed by atoms with Crippen LogP contribution >= 0.6 is 40.7 Å². The molecule has 2 N–H and O–H groups in total. The van der Waals surface area contributed by atoms with E-state index >= 15 is 0 Å². The third kappa shape index (κ3) is 20.9. The zero-order valence-corrected chi connectivity index (χ0v) is 39.0. The van der Waals surface area contributed by atoms with Crippen LogP contribution in [0.3, 0.4) is 0 Å². The lowest BCUT2D eigenvalue weighted by Crippen LogP contribution is -2.54. The van der Waals surface area contributed by atoms with Crippen LogP contribution in [0, 0.1) is 17.5 Å². The Bertz CT molecular complexity index is 1650. The molecule has 3 heterocycles. The molecular weight excluding hydrogens is 884 g/mol. The number of nitrogens with one attached hydrogen (secondary N) is 2. The van der Waals surface area contributed by atoms with Gasteiger partial charge in [0.1, 0.15) is 28.7 Å². The SMILES string of the molecule is C.C[C@H]1CN(C(=O)OC(C)(C)C)CCN1.C[C@H]1CN(C(=O)OC(C)(C)C)CCN1c1ccc(F)cc1.C[C@H]1CNCCN1c1ccc(F)cc1.Cl.Cl.Fc1ccc(Br)cc1. The average molecular weight is 953 g/mol. The minimum atomic E-state index is -0.478. The first-order chi connectivity index (χ1) is 26.7. The highest BCUT2D eigenvalue weighted by Crippen LogP contribution is 2.22. The highest BCUT2D eigenvalue weighted by molar-refractivity contribution is 9.10. The first kappa shape index (κ1) is 56.6. The number of rotatable bonds is 2. The molecular formula is C44H68BrCl2F3N6O4. The van der Waals surface area contributed by atoms with Crippen molar-refractivity contribution in [2.45, 2.75) is 99.1 Å². The lowest BCUT2D eigenvalue weighted by Gasteiger charge is -2.41. The minimum Gasteiger partial charge on any atom is -0.444 e. The van der Waals surface area contributed by atoms with Gasteiger partial charge in [-0.25, -0.2) is 22.8 Å². The Kier molecular flexibility index (Phi) is 25.3. The number of anilines is 2. The smallest absolute Gasteiger partial charge is 0.410 e.